The Morgan fingerprint density at radius 2 is 1.89 bits per heavy atom. The summed E-state index contributed by atoms with van der Waals surface area (Å²) in [7, 11) is 0. The van der Waals surface area contributed by atoms with Gasteiger partial charge in [-0.3, -0.25) is 0 Å². The van der Waals surface area contributed by atoms with Gasteiger partial charge in [-0.15, -0.1) is 11.8 Å². The molecule has 100 valence electrons. The standard InChI is InChI=1S/C14H16ClN3S/c1-9-13(7-16)10(2)18-14(17-9)8-19-12-5-3-4-11(15)6-12/h3-6H,7-8,16H2,1-2H3. The Bertz CT molecular complexity index is 564. The fraction of sp³-hybridized carbons (Fsp3) is 0.286. The first-order chi connectivity index (χ1) is 9.10. The first kappa shape index (κ1) is 14.3. The van der Waals surface area contributed by atoms with Crippen LogP contribution in [0.3, 0.4) is 0 Å². The van der Waals surface area contributed by atoms with Gasteiger partial charge < -0.3 is 5.73 Å². The highest BCUT2D eigenvalue weighted by Gasteiger charge is 2.07. The minimum atomic E-state index is 0.485. The molecule has 0 saturated heterocycles. The van der Waals surface area contributed by atoms with Crippen molar-refractivity contribution in [3.05, 3.63) is 52.1 Å². The molecule has 0 atom stereocenters. The third-order valence-electron chi connectivity index (χ3n) is 2.84. The molecule has 19 heavy (non-hydrogen) atoms. The molecule has 3 nitrogen and oxygen atoms in total. The van der Waals surface area contributed by atoms with E-state index in [4.69, 9.17) is 17.3 Å². The normalized spacial score (nSPS) is 10.7. The van der Waals surface area contributed by atoms with Crippen LogP contribution in [0, 0.1) is 13.8 Å². The molecule has 0 spiro atoms. The average molecular weight is 294 g/mol. The predicted molar refractivity (Wildman–Crippen MR) is 80.4 cm³/mol. The number of aryl methyl sites for hydroxylation is 2. The molecule has 1 aromatic carbocycles. The van der Waals surface area contributed by atoms with E-state index in [1.54, 1.807) is 11.8 Å². The van der Waals surface area contributed by atoms with Gasteiger partial charge in [0.05, 0.1) is 5.75 Å². The number of rotatable bonds is 4. The first-order valence-corrected chi connectivity index (χ1v) is 7.38. The summed E-state index contributed by atoms with van der Waals surface area (Å²) in [6.45, 7) is 4.44. The first-order valence-electron chi connectivity index (χ1n) is 6.01. The maximum Gasteiger partial charge on any atom is 0.139 e. The van der Waals surface area contributed by atoms with E-state index in [1.807, 2.05) is 38.1 Å². The lowest BCUT2D eigenvalue weighted by atomic mass is 10.2. The van der Waals surface area contributed by atoms with Gasteiger partial charge in [0.25, 0.3) is 0 Å². The topological polar surface area (TPSA) is 51.8 Å². The number of nitrogens with two attached hydrogens (primary N) is 1. The average Bonchev–Trinajstić information content (AvgIpc) is 2.36. The largest absolute Gasteiger partial charge is 0.326 e. The second-order valence-electron chi connectivity index (χ2n) is 4.24. The summed E-state index contributed by atoms with van der Waals surface area (Å²) >= 11 is 7.64. The van der Waals surface area contributed by atoms with Gasteiger partial charge in [0.2, 0.25) is 0 Å². The zero-order chi connectivity index (χ0) is 13.8. The Balaban J connectivity index is 2.12. The summed E-state index contributed by atoms with van der Waals surface area (Å²) in [6.07, 6.45) is 0. The number of thioether (sulfide) groups is 1. The Morgan fingerprint density at radius 3 is 2.47 bits per heavy atom. The summed E-state index contributed by atoms with van der Waals surface area (Å²) in [5.74, 6) is 1.56. The molecule has 2 aromatic rings. The second-order valence-corrected chi connectivity index (χ2v) is 5.72. The number of hydrogen-bond donors (Lipinski definition) is 1. The smallest absolute Gasteiger partial charge is 0.139 e. The SMILES string of the molecule is Cc1nc(CSc2cccc(Cl)c2)nc(C)c1CN. The monoisotopic (exact) mass is 293 g/mol. The molecule has 5 heteroatoms. The van der Waals surface area contributed by atoms with Crippen LogP contribution in [-0.4, -0.2) is 9.97 Å². The van der Waals surface area contributed by atoms with Crippen molar-refractivity contribution in [2.45, 2.75) is 31.0 Å². The molecule has 0 saturated carbocycles. The Morgan fingerprint density at radius 1 is 1.21 bits per heavy atom. The highest BCUT2D eigenvalue weighted by molar-refractivity contribution is 7.98. The Labute approximate surface area is 122 Å². The van der Waals surface area contributed by atoms with E-state index in [2.05, 4.69) is 9.97 Å². The molecule has 0 amide bonds. The molecule has 0 bridgehead atoms. The summed E-state index contributed by atoms with van der Waals surface area (Å²) < 4.78 is 0. The molecule has 1 aromatic heterocycles. The van der Waals surface area contributed by atoms with Crippen LogP contribution in [0.15, 0.2) is 29.2 Å². The van der Waals surface area contributed by atoms with E-state index in [9.17, 15) is 0 Å². The van der Waals surface area contributed by atoms with Gasteiger partial charge in [-0.25, -0.2) is 9.97 Å². The summed E-state index contributed by atoms with van der Waals surface area (Å²) in [5.41, 5.74) is 8.66. The molecule has 0 aliphatic heterocycles. The van der Waals surface area contributed by atoms with E-state index in [0.717, 1.165) is 38.4 Å². The maximum atomic E-state index is 5.96. The minimum Gasteiger partial charge on any atom is -0.326 e. The lowest BCUT2D eigenvalue weighted by Crippen LogP contribution is -2.08. The van der Waals surface area contributed by atoms with Crippen LogP contribution in [0.2, 0.25) is 5.02 Å². The van der Waals surface area contributed by atoms with Crippen molar-refractivity contribution in [3.63, 3.8) is 0 Å². The number of benzene rings is 1. The summed E-state index contributed by atoms with van der Waals surface area (Å²) in [4.78, 5) is 10.1. The second kappa shape index (κ2) is 6.37. The Hall–Kier alpha value is -1.10. The molecule has 0 radical (unpaired) electrons. The lowest BCUT2D eigenvalue weighted by Gasteiger charge is -2.09. The van der Waals surface area contributed by atoms with E-state index in [-0.39, 0.29) is 0 Å². The molecule has 2 N–H and O–H groups in total. The fourth-order valence-electron chi connectivity index (χ4n) is 1.87. The molecular weight excluding hydrogens is 278 g/mol. The van der Waals surface area contributed by atoms with E-state index in [0.29, 0.717) is 6.54 Å². The third-order valence-corrected chi connectivity index (χ3v) is 4.06. The van der Waals surface area contributed by atoms with Crippen molar-refractivity contribution < 1.29 is 0 Å². The Kier molecular flexibility index (Phi) is 4.80. The van der Waals surface area contributed by atoms with Crippen molar-refractivity contribution in [1.82, 2.24) is 9.97 Å². The zero-order valence-corrected chi connectivity index (χ0v) is 12.6. The van der Waals surface area contributed by atoms with Crippen molar-refractivity contribution in [2.75, 3.05) is 0 Å². The van der Waals surface area contributed by atoms with Crippen molar-refractivity contribution in [2.24, 2.45) is 5.73 Å². The summed E-state index contributed by atoms with van der Waals surface area (Å²) in [6, 6.07) is 7.79. The van der Waals surface area contributed by atoms with Gasteiger partial charge in [-0.1, -0.05) is 17.7 Å². The van der Waals surface area contributed by atoms with Gasteiger partial charge in [0.1, 0.15) is 5.82 Å². The molecule has 0 aliphatic rings. The van der Waals surface area contributed by atoms with Crippen LogP contribution in [0.1, 0.15) is 22.8 Å². The number of halogens is 1. The summed E-state index contributed by atoms with van der Waals surface area (Å²) in [5, 5.41) is 0.747. The third kappa shape index (κ3) is 3.69. The van der Waals surface area contributed by atoms with E-state index >= 15 is 0 Å². The number of hydrogen-bond acceptors (Lipinski definition) is 4. The minimum absolute atomic E-state index is 0.485. The van der Waals surface area contributed by atoms with Gasteiger partial charge in [0.15, 0.2) is 0 Å². The van der Waals surface area contributed by atoms with Crippen LogP contribution in [0.4, 0.5) is 0 Å². The zero-order valence-electron chi connectivity index (χ0n) is 11.0. The van der Waals surface area contributed by atoms with Crippen LogP contribution >= 0.6 is 23.4 Å². The van der Waals surface area contributed by atoms with E-state index < -0.39 is 0 Å². The lowest BCUT2D eigenvalue weighted by molar-refractivity contribution is 0.891. The maximum absolute atomic E-state index is 5.96. The fourth-order valence-corrected chi connectivity index (χ4v) is 2.94. The highest BCUT2D eigenvalue weighted by Crippen LogP contribution is 2.24. The molecule has 0 unspecified atom stereocenters. The van der Waals surface area contributed by atoms with Crippen LogP contribution in [-0.2, 0) is 12.3 Å². The predicted octanol–water partition coefficient (Wildman–Crippen LogP) is 3.50. The van der Waals surface area contributed by atoms with Crippen molar-refractivity contribution in [3.8, 4) is 0 Å². The molecule has 0 aliphatic carbocycles. The van der Waals surface area contributed by atoms with Gasteiger partial charge in [0, 0.05) is 33.4 Å². The highest BCUT2D eigenvalue weighted by atomic mass is 35.5. The van der Waals surface area contributed by atoms with Crippen molar-refractivity contribution >= 4 is 23.4 Å². The molecule has 1 heterocycles. The van der Waals surface area contributed by atoms with Gasteiger partial charge in [-0.2, -0.15) is 0 Å². The molecular formula is C14H16ClN3S. The molecule has 0 fully saturated rings. The van der Waals surface area contributed by atoms with Gasteiger partial charge in [-0.05, 0) is 32.0 Å². The van der Waals surface area contributed by atoms with Crippen LogP contribution < -0.4 is 5.73 Å². The van der Waals surface area contributed by atoms with Crippen molar-refractivity contribution in [1.29, 1.82) is 0 Å². The number of aromatic nitrogens is 2. The van der Waals surface area contributed by atoms with Crippen LogP contribution in [0.5, 0.6) is 0 Å². The number of nitrogens with zero attached hydrogens (tertiary/aromatic N) is 2. The van der Waals surface area contributed by atoms with E-state index in [1.165, 1.54) is 0 Å². The van der Waals surface area contributed by atoms with Gasteiger partial charge >= 0.3 is 0 Å². The van der Waals surface area contributed by atoms with Crippen LogP contribution in [0.25, 0.3) is 0 Å². The molecule has 2 rings (SSSR count). The quantitative estimate of drug-likeness (QED) is 0.877.